The zero-order valence-corrected chi connectivity index (χ0v) is 16.1. The number of ether oxygens (including phenoxy) is 1. The molecule has 25 heavy (non-hydrogen) atoms. The van der Waals surface area contributed by atoms with Crippen LogP contribution in [0, 0.1) is 6.92 Å². The normalized spacial score (nSPS) is 10.7. The van der Waals surface area contributed by atoms with Crippen molar-refractivity contribution in [3.63, 3.8) is 0 Å². The molecular weight excluding hydrogens is 435 g/mol. The van der Waals surface area contributed by atoms with Gasteiger partial charge in [-0.25, -0.2) is 0 Å². The number of aromatic nitrogens is 4. The van der Waals surface area contributed by atoms with Crippen molar-refractivity contribution in [2.75, 3.05) is 0 Å². The minimum Gasteiger partial charge on any atom is -0.483 e. The van der Waals surface area contributed by atoms with Gasteiger partial charge in [0.1, 0.15) is 11.5 Å². The van der Waals surface area contributed by atoms with Crippen LogP contribution in [-0.2, 0) is 13.0 Å². The monoisotopic (exact) mass is 452 g/mol. The molecule has 0 atom stereocenters. The summed E-state index contributed by atoms with van der Waals surface area (Å²) in [7, 11) is 0. The van der Waals surface area contributed by atoms with Gasteiger partial charge in [-0.2, -0.15) is 4.98 Å². The third kappa shape index (κ3) is 4.25. The maximum absolute atomic E-state index is 5.92. The van der Waals surface area contributed by atoms with Gasteiger partial charge in [-0.1, -0.05) is 12.1 Å². The summed E-state index contributed by atoms with van der Waals surface area (Å²) in [6.07, 6.45) is 5.07. The lowest BCUT2D eigenvalue weighted by Crippen LogP contribution is -2.00. The highest BCUT2D eigenvalue weighted by molar-refractivity contribution is 14.1. The summed E-state index contributed by atoms with van der Waals surface area (Å²) in [5.74, 6) is 2.42. The minimum absolute atomic E-state index is 0.174. The first-order valence-corrected chi connectivity index (χ1v) is 8.74. The molecule has 7 nitrogen and oxygen atoms in total. The Kier molecular flexibility index (Phi) is 5.79. The predicted molar refractivity (Wildman–Crippen MR) is 99.5 cm³/mol. The third-order valence-electron chi connectivity index (χ3n) is 3.51. The van der Waals surface area contributed by atoms with Crippen molar-refractivity contribution < 1.29 is 12.3 Å². The maximum atomic E-state index is 5.92. The molecule has 3 rings (SSSR count). The van der Waals surface area contributed by atoms with Crippen molar-refractivity contribution in [1.82, 2.24) is 20.1 Å². The smallest absolute Gasteiger partial charge is 0.264 e. The van der Waals surface area contributed by atoms with E-state index in [-0.39, 0.29) is 6.61 Å². The second-order valence-corrected chi connectivity index (χ2v) is 5.81. The summed E-state index contributed by atoms with van der Waals surface area (Å²) in [5.41, 5.74) is 2.41. The molecule has 0 saturated heterocycles. The molecular formula is C17H17IN4O3. The number of rotatable bonds is 7. The molecule has 1 aromatic carbocycles. The van der Waals surface area contributed by atoms with Crippen LogP contribution in [0.1, 0.15) is 30.8 Å². The van der Waals surface area contributed by atoms with E-state index < -0.39 is 0 Å². The zero-order valence-electron chi connectivity index (χ0n) is 13.9. The van der Waals surface area contributed by atoms with Crippen molar-refractivity contribution in [3.05, 3.63) is 48.0 Å². The molecule has 3 aromatic rings. The van der Waals surface area contributed by atoms with Crippen LogP contribution in [0.25, 0.3) is 11.3 Å². The topological polar surface area (TPSA) is 83.2 Å². The Hall–Kier alpha value is -2.23. The average molecular weight is 452 g/mol. The maximum Gasteiger partial charge on any atom is 0.264 e. The molecule has 0 radical (unpaired) electrons. The summed E-state index contributed by atoms with van der Waals surface area (Å²) in [4.78, 5) is 13.0. The van der Waals surface area contributed by atoms with Gasteiger partial charge < -0.3 is 12.3 Å². The quantitative estimate of drug-likeness (QED) is 0.500. The number of benzene rings is 1. The summed E-state index contributed by atoms with van der Waals surface area (Å²) >= 11 is 1.83. The van der Waals surface area contributed by atoms with E-state index in [1.54, 1.807) is 18.5 Å². The van der Waals surface area contributed by atoms with Crippen LogP contribution >= 0.6 is 23.0 Å². The van der Waals surface area contributed by atoms with Gasteiger partial charge in [0.15, 0.2) is 35.4 Å². The lowest BCUT2D eigenvalue weighted by molar-refractivity contribution is 0.243. The van der Waals surface area contributed by atoms with Crippen molar-refractivity contribution in [1.29, 1.82) is 0 Å². The van der Waals surface area contributed by atoms with E-state index in [9.17, 15) is 0 Å². The van der Waals surface area contributed by atoms with E-state index in [1.807, 2.05) is 42.1 Å². The van der Waals surface area contributed by atoms with Gasteiger partial charge in [0.05, 0.1) is 11.4 Å². The van der Waals surface area contributed by atoms with Crippen molar-refractivity contribution >= 4 is 23.0 Å². The van der Waals surface area contributed by atoms with Gasteiger partial charge in [0.25, 0.3) is 5.89 Å². The number of hydrogen-bond acceptors (Lipinski definition) is 7. The molecule has 0 amide bonds. The van der Waals surface area contributed by atoms with Gasteiger partial charge in [-0.05, 0) is 25.5 Å². The van der Waals surface area contributed by atoms with Crippen LogP contribution in [0.3, 0.4) is 0 Å². The molecule has 0 fully saturated rings. The average Bonchev–Trinajstić information content (AvgIpc) is 3.08. The molecule has 2 aromatic heterocycles. The van der Waals surface area contributed by atoms with Crippen LogP contribution < -0.4 is 7.80 Å². The molecule has 0 saturated carbocycles. The van der Waals surface area contributed by atoms with E-state index in [0.717, 1.165) is 29.8 Å². The van der Waals surface area contributed by atoms with Gasteiger partial charge in [-0.3, -0.25) is 9.97 Å². The fourth-order valence-corrected chi connectivity index (χ4v) is 2.63. The number of aryl methyl sites for hydroxylation is 2. The van der Waals surface area contributed by atoms with E-state index in [0.29, 0.717) is 23.2 Å². The molecule has 0 aliphatic carbocycles. The summed E-state index contributed by atoms with van der Waals surface area (Å²) < 4.78 is 16.4. The minimum atomic E-state index is 0.174. The molecule has 0 aliphatic rings. The molecule has 0 aliphatic heterocycles. The molecule has 130 valence electrons. The Bertz CT molecular complexity index is 853. The Morgan fingerprint density at radius 1 is 1.20 bits per heavy atom. The molecule has 0 N–H and O–H groups in total. The Morgan fingerprint density at radius 2 is 2.04 bits per heavy atom. The molecule has 0 bridgehead atoms. The van der Waals surface area contributed by atoms with Crippen LogP contribution in [0.2, 0.25) is 0 Å². The van der Waals surface area contributed by atoms with Crippen LogP contribution in [0.15, 0.2) is 35.1 Å². The van der Waals surface area contributed by atoms with Crippen molar-refractivity contribution in [2.45, 2.75) is 33.3 Å². The number of nitrogens with zero attached hydrogens (tertiary/aromatic N) is 4. The highest BCUT2D eigenvalue weighted by Gasteiger charge is 2.14. The number of hydrogen-bond donors (Lipinski definition) is 0. The van der Waals surface area contributed by atoms with Gasteiger partial charge in [0, 0.05) is 30.4 Å². The summed E-state index contributed by atoms with van der Waals surface area (Å²) in [5, 5.41) is 3.93. The highest BCUT2D eigenvalue weighted by Crippen LogP contribution is 2.34. The standard InChI is InChI=1S/C17H17IN4O3/c1-3-4-15-21-16(25-22-15)10-23-14-9-12(24-18)5-6-13(14)17-11(2)19-7-8-20-17/h5-9H,3-4,10H2,1-2H3. The highest BCUT2D eigenvalue weighted by atomic mass is 127. The van der Waals surface area contributed by atoms with Gasteiger partial charge in [0.2, 0.25) is 0 Å². The second-order valence-electron chi connectivity index (χ2n) is 5.37. The van der Waals surface area contributed by atoms with Crippen molar-refractivity contribution in [3.8, 4) is 22.8 Å². The van der Waals surface area contributed by atoms with Crippen molar-refractivity contribution in [2.24, 2.45) is 0 Å². The largest absolute Gasteiger partial charge is 0.483 e. The Morgan fingerprint density at radius 3 is 2.80 bits per heavy atom. The first kappa shape index (κ1) is 17.6. The second kappa shape index (κ2) is 8.24. The number of halogens is 1. The zero-order chi connectivity index (χ0) is 17.6. The lowest BCUT2D eigenvalue weighted by Gasteiger charge is -2.12. The molecule has 0 unspecified atom stereocenters. The van der Waals surface area contributed by atoms with E-state index in [4.69, 9.17) is 12.3 Å². The fraction of sp³-hybridized carbons (Fsp3) is 0.294. The summed E-state index contributed by atoms with van der Waals surface area (Å²) in [6.45, 7) is 4.15. The third-order valence-corrected chi connectivity index (χ3v) is 4.02. The van der Waals surface area contributed by atoms with Gasteiger partial charge in [-0.15, -0.1) is 0 Å². The molecule has 0 spiro atoms. The lowest BCUT2D eigenvalue weighted by atomic mass is 10.1. The Balaban J connectivity index is 1.87. The van der Waals surface area contributed by atoms with E-state index >= 15 is 0 Å². The van der Waals surface area contributed by atoms with E-state index in [1.165, 1.54) is 0 Å². The predicted octanol–water partition coefficient (Wildman–Crippen LogP) is 4.10. The van der Waals surface area contributed by atoms with Crippen LogP contribution in [0.4, 0.5) is 0 Å². The van der Waals surface area contributed by atoms with E-state index in [2.05, 4.69) is 27.0 Å². The van der Waals surface area contributed by atoms with Crippen LogP contribution in [-0.4, -0.2) is 20.1 Å². The first-order valence-electron chi connectivity index (χ1n) is 7.86. The van der Waals surface area contributed by atoms with Crippen LogP contribution in [0.5, 0.6) is 11.5 Å². The fourth-order valence-electron chi connectivity index (χ4n) is 2.35. The Labute approximate surface area is 159 Å². The molecule has 8 heteroatoms. The first-order chi connectivity index (χ1) is 12.2. The van der Waals surface area contributed by atoms with Gasteiger partial charge >= 0.3 is 0 Å². The SMILES string of the molecule is CCCc1noc(COc2cc(OI)ccc2-c2nccnc2C)n1. The molecule has 2 heterocycles. The summed E-state index contributed by atoms with van der Waals surface area (Å²) in [6, 6.07) is 5.56.